The molecular formula is C15H21N3O3S2. The summed E-state index contributed by atoms with van der Waals surface area (Å²) in [5, 5.41) is 0.645. The van der Waals surface area contributed by atoms with Gasteiger partial charge in [-0.2, -0.15) is 0 Å². The molecule has 0 N–H and O–H groups in total. The van der Waals surface area contributed by atoms with Gasteiger partial charge in [-0.15, -0.1) is 0 Å². The number of rotatable bonds is 4. The first-order chi connectivity index (χ1) is 10.9. The molecule has 2 aliphatic heterocycles. The van der Waals surface area contributed by atoms with E-state index in [9.17, 15) is 8.42 Å². The fourth-order valence-electron chi connectivity index (χ4n) is 3.63. The van der Waals surface area contributed by atoms with Gasteiger partial charge >= 0.3 is 0 Å². The van der Waals surface area contributed by atoms with Crippen LogP contribution in [0.25, 0.3) is 0 Å². The molecule has 0 amide bonds. The highest BCUT2D eigenvalue weighted by atomic mass is 32.2. The van der Waals surface area contributed by atoms with Gasteiger partial charge in [0.2, 0.25) is 0 Å². The molecule has 2 atom stereocenters. The molecule has 0 radical (unpaired) electrons. The Morgan fingerprint density at radius 2 is 1.91 bits per heavy atom. The van der Waals surface area contributed by atoms with Crippen LogP contribution in [-0.2, 0) is 19.3 Å². The van der Waals surface area contributed by atoms with Gasteiger partial charge in [0.1, 0.15) is 10.6 Å². The molecule has 0 spiro atoms. The Morgan fingerprint density at radius 1 is 1.26 bits per heavy atom. The normalized spacial score (nSPS) is 28.9. The summed E-state index contributed by atoms with van der Waals surface area (Å²) in [5.41, 5.74) is 0.660. The number of morpholine rings is 1. The van der Waals surface area contributed by atoms with E-state index in [0.29, 0.717) is 23.7 Å². The Kier molecular flexibility index (Phi) is 3.62. The minimum absolute atomic E-state index is 0.273. The van der Waals surface area contributed by atoms with E-state index in [1.54, 1.807) is 0 Å². The van der Waals surface area contributed by atoms with Gasteiger partial charge in [-0.05, 0) is 31.9 Å². The van der Waals surface area contributed by atoms with Crippen LogP contribution >= 0.6 is 11.8 Å². The molecule has 6 nitrogen and oxygen atoms in total. The molecule has 1 aliphatic carbocycles. The van der Waals surface area contributed by atoms with Crippen LogP contribution in [0.15, 0.2) is 11.2 Å². The zero-order valence-electron chi connectivity index (χ0n) is 13.4. The third kappa shape index (κ3) is 2.64. The lowest BCUT2D eigenvalue weighted by atomic mass is 10.2. The van der Waals surface area contributed by atoms with Crippen molar-refractivity contribution in [1.82, 2.24) is 9.97 Å². The number of thioether (sulfide) groups is 1. The van der Waals surface area contributed by atoms with E-state index in [1.807, 2.05) is 12.3 Å². The summed E-state index contributed by atoms with van der Waals surface area (Å²) < 4.78 is 29.5. The summed E-state index contributed by atoms with van der Waals surface area (Å²) in [6.07, 6.45) is 7.30. The van der Waals surface area contributed by atoms with Gasteiger partial charge in [0.25, 0.3) is 0 Å². The van der Waals surface area contributed by atoms with E-state index in [0.717, 1.165) is 31.7 Å². The van der Waals surface area contributed by atoms with Crippen molar-refractivity contribution in [2.24, 2.45) is 0 Å². The van der Waals surface area contributed by atoms with Crippen molar-refractivity contribution in [2.45, 2.75) is 47.8 Å². The van der Waals surface area contributed by atoms with Gasteiger partial charge in [0.05, 0.1) is 17.9 Å². The number of nitrogens with zero attached hydrogens (tertiary/aromatic N) is 3. The Balaban J connectivity index is 1.72. The quantitative estimate of drug-likeness (QED) is 0.600. The molecule has 4 rings (SSSR count). The molecule has 1 saturated carbocycles. The minimum Gasteiger partial charge on any atom is -0.371 e. The first kappa shape index (κ1) is 15.7. The molecule has 2 unspecified atom stereocenters. The predicted octanol–water partition coefficient (Wildman–Crippen LogP) is 1.60. The Labute approximate surface area is 140 Å². The zero-order valence-corrected chi connectivity index (χ0v) is 15.0. The maximum atomic E-state index is 12.2. The van der Waals surface area contributed by atoms with E-state index in [4.69, 9.17) is 4.74 Å². The first-order valence-electron chi connectivity index (χ1n) is 7.95. The van der Waals surface area contributed by atoms with E-state index < -0.39 is 14.6 Å². The van der Waals surface area contributed by atoms with Crippen molar-refractivity contribution < 1.29 is 13.2 Å². The highest BCUT2D eigenvalue weighted by molar-refractivity contribution is 7.98. The van der Waals surface area contributed by atoms with Crippen LogP contribution in [-0.4, -0.2) is 56.2 Å². The molecule has 3 fully saturated rings. The smallest absolute Gasteiger partial charge is 0.189 e. The molecular weight excluding hydrogens is 334 g/mol. The number of aromatic nitrogens is 2. The minimum atomic E-state index is -3.17. The summed E-state index contributed by atoms with van der Waals surface area (Å²) in [5.74, 6) is 0.842. The van der Waals surface area contributed by atoms with E-state index >= 15 is 0 Å². The highest BCUT2D eigenvalue weighted by Crippen LogP contribution is 2.52. The van der Waals surface area contributed by atoms with Gasteiger partial charge < -0.3 is 9.64 Å². The molecule has 3 heterocycles. The molecule has 126 valence electrons. The molecule has 8 heteroatoms. The van der Waals surface area contributed by atoms with E-state index in [1.165, 1.54) is 18.0 Å². The second-order valence-corrected chi connectivity index (χ2v) is 9.83. The summed E-state index contributed by atoms with van der Waals surface area (Å²) >= 11 is 1.46. The highest BCUT2D eigenvalue weighted by Gasteiger charge is 2.55. The number of ether oxygens (including phenoxy) is 1. The van der Waals surface area contributed by atoms with Crippen molar-refractivity contribution in [1.29, 1.82) is 0 Å². The van der Waals surface area contributed by atoms with Crippen LogP contribution in [0.3, 0.4) is 0 Å². The van der Waals surface area contributed by atoms with Crippen molar-refractivity contribution in [3.63, 3.8) is 0 Å². The summed E-state index contributed by atoms with van der Waals surface area (Å²) in [6.45, 7) is 1.65. The van der Waals surface area contributed by atoms with E-state index in [2.05, 4.69) is 14.9 Å². The molecule has 2 saturated heterocycles. The molecule has 0 aromatic carbocycles. The number of hydrogen-bond donors (Lipinski definition) is 0. The average molecular weight is 355 g/mol. The standard InChI is InChI=1S/C15H21N3O3S2/c1-22-14-16-12(15(5-6-15)23(2,19)20)7-13(17-14)18-8-10-3-4-11(9-18)21-10/h7,10-11H,3-6,8-9H2,1-2H3. The van der Waals surface area contributed by atoms with Crippen LogP contribution in [0.5, 0.6) is 0 Å². The lowest BCUT2D eigenvalue weighted by Crippen LogP contribution is -2.43. The maximum Gasteiger partial charge on any atom is 0.189 e. The van der Waals surface area contributed by atoms with Crippen molar-refractivity contribution >= 4 is 27.4 Å². The number of anilines is 1. The summed E-state index contributed by atoms with van der Waals surface area (Å²) in [4.78, 5) is 11.4. The van der Waals surface area contributed by atoms with Crippen LogP contribution in [0.1, 0.15) is 31.4 Å². The van der Waals surface area contributed by atoms with Crippen molar-refractivity contribution in [3.8, 4) is 0 Å². The summed E-state index contributed by atoms with van der Waals surface area (Å²) in [7, 11) is -3.17. The monoisotopic (exact) mass is 355 g/mol. The second kappa shape index (κ2) is 5.32. The molecule has 2 bridgehead atoms. The van der Waals surface area contributed by atoms with Crippen molar-refractivity contribution in [2.75, 3.05) is 30.5 Å². The van der Waals surface area contributed by atoms with Gasteiger partial charge in [0.15, 0.2) is 15.0 Å². The zero-order chi connectivity index (χ0) is 16.2. The van der Waals surface area contributed by atoms with Crippen LogP contribution in [0.2, 0.25) is 0 Å². The lowest BCUT2D eigenvalue weighted by molar-refractivity contribution is 0.0301. The lowest BCUT2D eigenvalue weighted by Gasteiger charge is -2.33. The average Bonchev–Trinajstić information content (AvgIpc) is 3.28. The topological polar surface area (TPSA) is 72.4 Å². The van der Waals surface area contributed by atoms with Crippen LogP contribution < -0.4 is 4.90 Å². The fourth-order valence-corrected chi connectivity index (χ4v) is 5.33. The predicted molar refractivity (Wildman–Crippen MR) is 89.7 cm³/mol. The SMILES string of the molecule is CSc1nc(N2CC3CCC(C2)O3)cc(C2(S(C)(=O)=O)CC2)n1. The third-order valence-electron chi connectivity index (χ3n) is 5.12. The van der Waals surface area contributed by atoms with Gasteiger partial charge in [-0.25, -0.2) is 18.4 Å². The van der Waals surface area contributed by atoms with Gasteiger partial charge in [-0.1, -0.05) is 11.8 Å². The number of fused-ring (bicyclic) bond motifs is 2. The molecule has 3 aliphatic rings. The van der Waals surface area contributed by atoms with Crippen LogP contribution in [0.4, 0.5) is 5.82 Å². The van der Waals surface area contributed by atoms with E-state index in [-0.39, 0.29) is 12.2 Å². The second-order valence-electron chi connectivity index (χ2n) is 6.73. The molecule has 23 heavy (non-hydrogen) atoms. The Bertz CT molecular complexity index is 721. The molecule has 1 aromatic rings. The summed E-state index contributed by atoms with van der Waals surface area (Å²) in [6, 6.07) is 1.89. The largest absolute Gasteiger partial charge is 0.371 e. The Hall–Kier alpha value is -0.860. The number of sulfone groups is 1. The van der Waals surface area contributed by atoms with Crippen LogP contribution in [0, 0.1) is 0 Å². The fraction of sp³-hybridized carbons (Fsp3) is 0.733. The third-order valence-corrected chi connectivity index (χ3v) is 7.71. The van der Waals surface area contributed by atoms with Gasteiger partial charge in [0, 0.05) is 25.4 Å². The maximum absolute atomic E-state index is 12.2. The first-order valence-corrected chi connectivity index (χ1v) is 11.1. The molecule has 1 aromatic heterocycles. The Morgan fingerprint density at radius 3 is 2.43 bits per heavy atom. The van der Waals surface area contributed by atoms with Gasteiger partial charge in [-0.3, -0.25) is 0 Å². The van der Waals surface area contributed by atoms with Crippen molar-refractivity contribution in [3.05, 3.63) is 11.8 Å². The number of hydrogen-bond acceptors (Lipinski definition) is 7.